The van der Waals surface area contributed by atoms with Crippen LogP contribution in [0.2, 0.25) is 0 Å². The van der Waals surface area contributed by atoms with E-state index in [1.165, 1.54) is 99.4 Å². The molecule has 0 bridgehead atoms. The zero-order chi connectivity index (χ0) is 33.8. The van der Waals surface area contributed by atoms with Crippen LogP contribution in [-0.2, 0) is 10.8 Å². The van der Waals surface area contributed by atoms with E-state index in [1.54, 1.807) is 0 Å². The Morgan fingerprint density at radius 2 is 0.780 bits per heavy atom. The standard InChI is InChI=1S/C49H37N/c1-48(2)42-15-9-7-11-34(42)36-20-17-32(28-44(36)48)31-18-22-40-41(27-31)47(39-14-6-5-13-38(39)46(40)30-23-25-50-26-24-30)33-19-21-37-35-12-8-10-16-43(35)49(3,4)45(37)29-33/h5-29H,1-4H3. The smallest absolute Gasteiger partial charge is 0.0273 e. The Bertz CT molecular complexity index is 2690. The Morgan fingerprint density at radius 3 is 1.40 bits per heavy atom. The van der Waals surface area contributed by atoms with E-state index in [2.05, 4.69) is 172 Å². The molecule has 0 spiro atoms. The van der Waals surface area contributed by atoms with E-state index in [9.17, 15) is 0 Å². The fourth-order valence-corrected chi connectivity index (χ4v) is 9.24. The minimum Gasteiger partial charge on any atom is -0.265 e. The van der Waals surface area contributed by atoms with Crippen molar-refractivity contribution in [3.63, 3.8) is 0 Å². The van der Waals surface area contributed by atoms with Gasteiger partial charge in [-0.05, 0) is 130 Å². The molecular formula is C49H37N. The van der Waals surface area contributed by atoms with Crippen LogP contribution in [0.25, 0.3) is 77.2 Å². The summed E-state index contributed by atoms with van der Waals surface area (Å²) in [5.74, 6) is 0. The van der Waals surface area contributed by atoms with E-state index in [0.717, 1.165) is 0 Å². The van der Waals surface area contributed by atoms with Crippen molar-refractivity contribution in [1.82, 2.24) is 4.98 Å². The van der Waals surface area contributed by atoms with Gasteiger partial charge in [-0.25, -0.2) is 0 Å². The third-order valence-electron chi connectivity index (χ3n) is 11.8. The summed E-state index contributed by atoms with van der Waals surface area (Å²) >= 11 is 0. The molecule has 0 N–H and O–H groups in total. The van der Waals surface area contributed by atoms with E-state index in [0.29, 0.717) is 0 Å². The molecule has 2 aliphatic rings. The van der Waals surface area contributed by atoms with Crippen molar-refractivity contribution in [3.05, 3.63) is 174 Å². The van der Waals surface area contributed by atoms with Crippen LogP contribution in [0.3, 0.4) is 0 Å². The van der Waals surface area contributed by atoms with Gasteiger partial charge in [-0.3, -0.25) is 4.98 Å². The topological polar surface area (TPSA) is 12.9 Å². The number of aromatic nitrogens is 1. The predicted octanol–water partition coefficient (Wildman–Crippen LogP) is 13.0. The molecule has 0 fully saturated rings. The maximum Gasteiger partial charge on any atom is 0.0273 e. The minimum absolute atomic E-state index is 0.0521. The molecule has 1 nitrogen and oxygen atoms in total. The molecule has 10 rings (SSSR count). The minimum atomic E-state index is -0.0789. The summed E-state index contributed by atoms with van der Waals surface area (Å²) in [7, 11) is 0. The quantitative estimate of drug-likeness (QED) is 0.175. The molecule has 1 heterocycles. The Morgan fingerprint density at radius 1 is 0.340 bits per heavy atom. The van der Waals surface area contributed by atoms with Crippen LogP contribution < -0.4 is 0 Å². The molecule has 2 aliphatic carbocycles. The van der Waals surface area contributed by atoms with Crippen molar-refractivity contribution < 1.29 is 0 Å². The third-order valence-corrected chi connectivity index (χ3v) is 11.8. The summed E-state index contributed by atoms with van der Waals surface area (Å²) in [5, 5.41) is 5.05. The molecule has 0 unspecified atom stereocenters. The fraction of sp³-hybridized carbons (Fsp3) is 0.122. The first-order valence-corrected chi connectivity index (χ1v) is 17.7. The molecule has 50 heavy (non-hydrogen) atoms. The van der Waals surface area contributed by atoms with Gasteiger partial charge in [0.15, 0.2) is 0 Å². The maximum absolute atomic E-state index is 4.37. The van der Waals surface area contributed by atoms with Gasteiger partial charge in [-0.2, -0.15) is 0 Å². The van der Waals surface area contributed by atoms with Crippen LogP contribution in [0.4, 0.5) is 0 Å². The summed E-state index contributed by atoms with van der Waals surface area (Å²) in [5.41, 5.74) is 18.3. The van der Waals surface area contributed by atoms with Gasteiger partial charge in [-0.15, -0.1) is 0 Å². The first-order chi connectivity index (χ1) is 24.3. The second-order valence-corrected chi connectivity index (χ2v) is 15.2. The Kier molecular flexibility index (Phi) is 6.04. The number of fused-ring (bicyclic) bond motifs is 8. The highest BCUT2D eigenvalue weighted by Crippen LogP contribution is 2.53. The number of hydrogen-bond acceptors (Lipinski definition) is 1. The Labute approximate surface area is 293 Å². The van der Waals surface area contributed by atoms with Crippen molar-refractivity contribution in [1.29, 1.82) is 0 Å². The number of benzene rings is 7. The fourth-order valence-electron chi connectivity index (χ4n) is 9.24. The first kappa shape index (κ1) is 29.2. The monoisotopic (exact) mass is 639 g/mol. The van der Waals surface area contributed by atoms with Gasteiger partial charge in [0, 0.05) is 23.2 Å². The molecule has 8 aromatic rings. The molecule has 0 amide bonds. The average Bonchev–Trinajstić information content (AvgIpc) is 3.53. The lowest BCUT2D eigenvalue weighted by molar-refractivity contribution is 0.660. The molecule has 1 heteroatoms. The zero-order valence-corrected chi connectivity index (χ0v) is 28.9. The lowest BCUT2D eigenvalue weighted by Gasteiger charge is -2.23. The van der Waals surface area contributed by atoms with Crippen molar-refractivity contribution >= 4 is 21.5 Å². The van der Waals surface area contributed by atoms with Gasteiger partial charge in [0.2, 0.25) is 0 Å². The van der Waals surface area contributed by atoms with Gasteiger partial charge in [0.25, 0.3) is 0 Å². The SMILES string of the molecule is CC1(C)c2ccccc2-c2ccc(-c3ccc4c(-c5ccncc5)c5ccccc5c(-c5ccc6c(c5)C(C)(C)c5ccccc5-6)c4c3)cc21. The van der Waals surface area contributed by atoms with Gasteiger partial charge >= 0.3 is 0 Å². The van der Waals surface area contributed by atoms with Crippen LogP contribution >= 0.6 is 0 Å². The third kappa shape index (κ3) is 3.98. The van der Waals surface area contributed by atoms with Crippen LogP contribution in [0.15, 0.2) is 152 Å². The second kappa shape index (κ2) is 10.4. The highest BCUT2D eigenvalue weighted by Gasteiger charge is 2.36. The van der Waals surface area contributed by atoms with E-state index < -0.39 is 0 Å². The van der Waals surface area contributed by atoms with E-state index in [4.69, 9.17) is 0 Å². The molecule has 238 valence electrons. The second-order valence-electron chi connectivity index (χ2n) is 15.2. The first-order valence-electron chi connectivity index (χ1n) is 17.7. The molecule has 0 atom stereocenters. The molecule has 0 saturated carbocycles. The number of pyridine rings is 1. The summed E-state index contributed by atoms with van der Waals surface area (Å²) in [6.07, 6.45) is 3.81. The van der Waals surface area contributed by atoms with Crippen LogP contribution in [0.1, 0.15) is 49.9 Å². The summed E-state index contributed by atoms with van der Waals surface area (Å²) in [6.45, 7) is 9.47. The van der Waals surface area contributed by atoms with Crippen LogP contribution in [0.5, 0.6) is 0 Å². The normalized spacial score (nSPS) is 14.7. The summed E-state index contributed by atoms with van der Waals surface area (Å²) < 4.78 is 0. The largest absolute Gasteiger partial charge is 0.265 e. The van der Waals surface area contributed by atoms with Crippen molar-refractivity contribution in [2.75, 3.05) is 0 Å². The maximum atomic E-state index is 4.37. The highest BCUT2D eigenvalue weighted by molar-refractivity contribution is 6.22. The van der Waals surface area contributed by atoms with Crippen molar-refractivity contribution in [2.45, 2.75) is 38.5 Å². The summed E-state index contributed by atoms with van der Waals surface area (Å²) in [4.78, 5) is 4.37. The van der Waals surface area contributed by atoms with Gasteiger partial charge in [0.05, 0.1) is 0 Å². The predicted molar refractivity (Wildman–Crippen MR) is 211 cm³/mol. The Hall–Kier alpha value is -5.79. The van der Waals surface area contributed by atoms with Gasteiger partial charge in [0.1, 0.15) is 0 Å². The highest BCUT2D eigenvalue weighted by atomic mass is 14.6. The molecule has 1 aromatic heterocycles. The molecule has 0 saturated heterocycles. The zero-order valence-electron chi connectivity index (χ0n) is 28.9. The van der Waals surface area contributed by atoms with Crippen molar-refractivity contribution in [3.8, 4) is 55.6 Å². The van der Waals surface area contributed by atoms with E-state index >= 15 is 0 Å². The lowest BCUT2D eigenvalue weighted by atomic mass is 9.80. The molecule has 0 radical (unpaired) electrons. The van der Waals surface area contributed by atoms with E-state index in [-0.39, 0.29) is 10.8 Å². The molecule has 7 aromatic carbocycles. The summed E-state index contributed by atoms with van der Waals surface area (Å²) in [6, 6.07) is 52.5. The number of rotatable bonds is 3. The van der Waals surface area contributed by atoms with Gasteiger partial charge in [-0.1, -0.05) is 137 Å². The number of nitrogens with zero attached hydrogens (tertiary/aromatic N) is 1. The molecule has 0 aliphatic heterocycles. The van der Waals surface area contributed by atoms with Crippen LogP contribution in [-0.4, -0.2) is 4.98 Å². The van der Waals surface area contributed by atoms with Gasteiger partial charge < -0.3 is 0 Å². The molecular weight excluding hydrogens is 603 g/mol. The lowest BCUT2D eigenvalue weighted by Crippen LogP contribution is -2.14. The Balaban J connectivity index is 1.25. The van der Waals surface area contributed by atoms with E-state index in [1.807, 2.05) is 12.4 Å². The van der Waals surface area contributed by atoms with Crippen LogP contribution in [0, 0.1) is 0 Å². The number of hydrogen-bond donors (Lipinski definition) is 0. The van der Waals surface area contributed by atoms with Crippen molar-refractivity contribution in [2.24, 2.45) is 0 Å². The average molecular weight is 640 g/mol.